The molecular formula is C19H26N2O2. The fourth-order valence-electron chi connectivity index (χ4n) is 2.78. The minimum atomic E-state index is -0.271. The van der Waals surface area contributed by atoms with Gasteiger partial charge in [0.15, 0.2) is 0 Å². The van der Waals surface area contributed by atoms with Gasteiger partial charge in [0.1, 0.15) is 5.75 Å². The van der Waals surface area contributed by atoms with Gasteiger partial charge in [-0.25, -0.2) is 0 Å². The number of carbonyl (C=O) groups excluding carboxylic acids is 1. The van der Waals surface area contributed by atoms with Crippen LogP contribution in [0.15, 0.2) is 36.4 Å². The minimum absolute atomic E-state index is 0.271. The lowest BCUT2D eigenvalue weighted by molar-refractivity contribution is -0.119. The Bertz CT molecular complexity index is 655. The molecule has 0 atom stereocenters. The summed E-state index contributed by atoms with van der Waals surface area (Å²) in [5, 5.41) is 2.33. The Hall–Kier alpha value is -2.07. The number of benzene rings is 2. The third-order valence-corrected chi connectivity index (χ3v) is 3.98. The number of amides is 1. The molecule has 2 aromatic carbocycles. The van der Waals surface area contributed by atoms with Crippen LogP contribution < -0.4 is 10.5 Å². The Labute approximate surface area is 138 Å². The van der Waals surface area contributed by atoms with E-state index in [1.54, 1.807) is 7.11 Å². The average molecular weight is 314 g/mol. The molecule has 1 amide bonds. The van der Waals surface area contributed by atoms with Crippen LogP contribution in [0.5, 0.6) is 5.75 Å². The van der Waals surface area contributed by atoms with Gasteiger partial charge in [0.25, 0.3) is 0 Å². The molecule has 0 aliphatic carbocycles. The second-order valence-corrected chi connectivity index (χ2v) is 5.93. The summed E-state index contributed by atoms with van der Waals surface area (Å²) < 4.78 is 5.26. The number of ether oxygens (including phenoxy) is 1. The van der Waals surface area contributed by atoms with Crippen molar-refractivity contribution < 1.29 is 9.53 Å². The predicted octanol–water partition coefficient (Wildman–Crippen LogP) is 3.33. The van der Waals surface area contributed by atoms with Crippen molar-refractivity contribution in [3.05, 3.63) is 42.0 Å². The molecule has 124 valence electrons. The lowest BCUT2D eigenvalue weighted by Gasteiger charge is -2.21. The normalized spacial score (nSPS) is 11.1. The highest BCUT2D eigenvalue weighted by Crippen LogP contribution is 2.22. The van der Waals surface area contributed by atoms with Gasteiger partial charge < -0.3 is 10.5 Å². The summed E-state index contributed by atoms with van der Waals surface area (Å²) in [6.07, 6.45) is 3.43. The zero-order valence-corrected chi connectivity index (χ0v) is 14.0. The summed E-state index contributed by atoms with van der Waals surface area (Å²) in [5.74, 6) is 0.590. The van der Waals surface area contributed by atoms with E-state index in [-0.39, 0.29) is 5.91 Å². The first-order valence-corrected chi connectivity index (χ1v) is 8.19. The summed E-state index contributed by atoms with van der Waals surface area (Å²) in [4.78, 5) is 13.4. The van der Waals surface area contributed by atoms with E-state index in [1.165, 1.54) is 23.8 Å². The minimum Gasteiger partial charge on any atom is -0.497 e. The molecule has 2 N–H and O–H groups in total. The third-order valence-electron chi connectivity index (χ3n) is 3.98. The molecule has 0 heterocycles. The number of hydrogen-bond donors (Lipinski definition) is 1. The number of unbranched alkanes of at least 4 members (excludes halogenated alkanes) is 2. The highest BCUT2D eigenvalue weighted by molar-refractivity contribution is 5.84. The van der Waals surface area contributed by atoms with E-state index in [1.807, 2.05) is 12.1 Å². The summed E-state index contributed by atoms with van der Waals surface area (Å²) in [6.45, 7) is 4.13. The molecular weight excluding hydrogens is 288 g/mol. The van der Waals surface area contributed by atoms with Gasteiger partial charge in [-0.3, -0.25) is 9.69 Å². The third kappa shape index (κ3) is 5.25. The predicted molar refractivity (Wildman–Crippen MR) is 94.5 cm³/mol. The van der Waals surface area contributed by atoms with Crippen molar-refractivity contribution in [3.8, 4) is 5.75 Å². The first-order chi connectivity index (χ1) is 11.1. The first kappa shape index (κ1) is 17.3. The molecule has 0 unspecified atom stereocenters. The molecule has 2 rings (SSSR count). The summed E-state index contributed by atoms with van der Waals surface area (Å²) >= 11 is 0. The Morgan fingerprint density at radius 1 is 1.13 bits per heavy atom. The van der Waals surface area contributed by atoms with Crippen LogP contribution in [0.4, 0.5) is 0 Å². The smallest absolute Gasteiger partial charge is 0.231 e. The molecule has 0 aromatic heterocycles. The van der Waals surface area contributed by atoms with Gasteiger partial charge in [0, 0.05) is 6.54 Å². The SMILES string of the molecule is CCCCCN(CC(N)=O)Cc1ccc2cc(OC)ccc2c1. The van der Waals surface area contributed by atoms with Crippen molar-refractivity contribution in [2.75, 3.05) is 20.2 Å². The van der Waals surface area contributed by atoms with Crippen LogP contribution in [0, 0.1) is 0 Å². The maximum atomic E-state index is 11.3. The maximum absolute atomic E-state index is 11.3. The van der Waals surface area contributed by atoms with Crippen LogP contribution in [-0.2, 0) is 11.3 Å². The highest BCUT2D eigenvalue weighted by Gasteiger charge is 2.09. The van der Waals surface area contributed by atoms with Crippen LogP contribution in [0.3, 0.4) is 0 Å². The van der Waals surface area contributed by atoms with Gasteiger partial charge in [0.2, 0.25) is 5.91 Å². The highest BCUT2D eigenvalue weighted by atomic mass is 16.5. The Morgan fingerprint density at radius 3 is 2.57 bits per heavy atom. The second kappa shape index (κ2) is 8.53. The van der Waals surface area contributed by atoms with E-state index in [0.717, 1.165) is 30.6 Å². The molecule has 2 aromatic rings. The molecule has 0 bridgehead atoms. The van der Waals surface area contributed by atoms with Crippen LogP contribution in [-0.4, -0.2) is 31.0 Å². The molecule has 0 aliphatic heterocycles. The van der Waals surface area contributed by atoms with E-state index in [0.29, 0.717) is 6.54 Å². The fourth-order valence-corrected chi connectivity index (χ4v) is 2.78. The quantitative estimate of drug-likeness (QED) is 0.722. The molecule has 0 aliphatic rings. The van der Waals surface area contributed by atoms with Gasteiger partial charge in [-0.2, -0.15) is 0 Å². The van der Waals surface area contributed by atoms with Crippen molar-refractivity contribution >= 4 is 16.7 Å². The van der Waals surface area contributed by atoms with Gasteiger partial charge in [-0.15, -0.1) is 0 Å². The first-order valence-electron chi connectivity index (χ1n) is 8.19. The Balaban J connectivity index is 2.11. The Morgan fingerprint density at radius 2 is 1.87 bits per heavy atom. The Kier molecular flexibility index (Phi) is 6.41. The molecule has 4 heteroatoms. The molecule has 0 spiro atoms. The van der Waals surface area contributed by atoms with Crippen LogP contribution >= 0.6 is 0 Å². The van der Waals surface area contributed by atoms with Crippen molar-refractivity contribution in [2.45, 2.75) is 32.7 Å². The summed E-state index contributed by atoms with van der Waals surface area (Å²) in [7, 11) is 1.67. The fraction of sp³-hybridized carbons (Fsp3) is 0.421. The number of fused-ring (bicyclic) bond motifs is 1. The van der Waals surface area contributed by atoms with Crippen LogP contribution in [0.2, 0.25) is 0 Å². The number of rotatable bonds is 9. The van der Waals surface area contributed by atoms with Crippen molar-refractivity contribution in [1.82, 2.24) is 4.90 Å². The van der Waals surface area contributed by atoms with Crippen molar-refractivity contribution in [3.63, 3.8) is 0 Å². The van der Waals surface area contributed by atoms with E-state index < -0.39 is 0 Å². The number of nitrogens with two attached hydrogens (primary N) is 1. The standard InChI is InChI=1S/C19H26N2O2/c1-3-4-5-10-21(14-19(20)22)13-15-6-7-17-12-18(23-2)9-8-16(17)11-15/h6-9,11-12H,3-5,10,13-14H2,1-2H3,(H2,20,22). The number of nitrogens with zero attached hydrogens (tertiary/aromatic N) is 1. The number of hydrogen-bond acceptors (Lipinski definition) is 3. The van der Waals surface area contributed by atoms with Crippen LogP contribution in [0.1, 0.15) is 31.7 Å². The zero-order valence-electron chi connectivity index (χ0n) is 14.0. The summed E-state index contributed by atoms with van der Waals surface area (Å²) in [5.41, 5.74) is 6.57. The number of primary amides is 1. The van der Waals surface area contributed by atoms with E-state index in [2.05, 4.69) is 36.1 Å². The zero-order chi connectivity index (χ0) is 16.7. The van der Waals surface area contributed by atoms with Gasteiger partial charge in [0.05, 0.1) is 13.7 Å². The molecule has 0 radical (unpaired) electrons. The van der Waals surface area contributed by atoms with Crippen molar-refractivity contribution in [2.24, 2.45) is 5.73 Å². The summed E-state index contributed by atoms with van der Waals surface area (Å²) in [6, 6.07) is 12.4. The van der Waals surface area contributed by atoms with Crippen LogP contribution in [0.25, 0.3) is 10.8 Å². The van der Waals surface area contributed by atoms with E-state index in [4.69, 9.17) is 10.5 Å². The number of carbonyl (C=O) groups is 1. The van der Waals surface area contributed by atoms with E-state index in [9.17, 15) is 4.79 Å². The average Bonchev–Trinajstić information content (AvgIpc) is 2.54. The molecule has 23 heavy (non-hydrogen) atoms. The van der Waals surface area contributed by atoms with Gasteiger partial charge in [-0.1, -0.05) is 38.0 Å². The lowest BCUT2D eigenvalue weighted by atomic mass is 10.1. The second-order valence-electron chi connectivity index (χ2n) is 5.93. The maximum Gasteiger partial charge on any atom is 0.231 e. The topological polar surface area (TPSA) is 55.6 Å². The molecule has 0 fully saturated rings. The molecule has 0 saturated heterocycles. The monoisotopic (exact) mass is 314 g/mol. The van der Waals surface area contributed by atoms with Gasteiger partial charge >= 0.3 is 0 Å². The molecule has 4 nitrogen and oxygen atoms in total. The molecule has 0 saturated carbocycles. The lowest BCUT2D eigenvalue weighted by Crippen LogP contribution is -2.34. The van der Waals surface area contributed by atoms with Crippen molar-refractivity contribution in [1.29, 1.82) is 0 Å². The van der Waals surface area contributed by atoms with Gasteiger partial charge in [-0.05, 0) is 47.5 Å². The number of methoxy groups -OCH3 is 1. The van der Waals surface area contributed by atoms with E-state index >= 15 is 0 Å². The largest absolute Gasteiger partial charge is 0.497 e.